The van der Waals surface area contributed by atoms with Crippen LogP contribution in [-0.4, -0.2) is 22.7 Å². The molecule has 0 aliphatic carbocycles. The van der Waals surface area contributed by atoms with Gasteiger partial charge < -0.3 is 16.0 Å². The summed E-state index contributed by atoms with van der Waals surface area (Å²) in [5, 5.41) is 7.49. The number of amides is 1. The highest BCUT2D eigenvalue weighted by Crippen LogP contribution is 2.38. The molecule has 3 rings (SSSR count). The minimum absolute atomic E-state index is 0.201. The zero-order valence-corrected chi connectivity index (χ0v) is 12.6. The van der Waals surface area contributed by atoms with Gasteiger partial charge in [-0.1, -0.05) is 11.6 Å². The van der Waals surface area contributed by atoms with Gasteiger partial charge in [0.05, 0.1) is 16.9 Å². The van der Waals surface area contributed by atoms with Crippen LogP contribution >= 0.6 is 11.6 Å². The van der Waals surface area contributed by atoms with Crippen LogP contribution in [0.5, 0.6) is 0 Å². The first-order valence-corrected chi connectivity index (χ1v) is 6.92. The predicted octanol–water partition coefficient (Wildman–Crippen LogP) is 1.66. The summed E-state index contributed by atoms with van der Waals surface area (Å²) in [5.74, 6) is -0.201. The molecule has 21 heavy (non-hydrogen) atoms. The third-order valence-corrected chi connectivity index (χ3v) is 3.89. The molecule has 0 spiro atoms. The van der Waals surface area contributed by atoms with Gasteiger partial charge in [0.25, 0.3) is 0 Å². The maximum Gasteiger partial charge on any atom is 0.245 e. The summed E-state index contributed by atoms with van der Waals surface area (Å²) in [5.41, 5.74) is 9.20. The summed E-state index contributed by atoms with van der Waals surface area (Å²) in [6, 6.07) is 2.98. The van der Waals surface area contributed by atoms with Crippen molar-refractivity contribution in [3.8, 4) is 0 Å². The third kappa shape index (κ3) is 2.48. The standard InChI is InChI=1S/C14H16ClN5O/c1-19(6-8-5-17-20(2)7-8)12-4-11-9(3-10(12)15)13(16)14(21)18-11/h3-5,7,13H,6,16H2,1-2H3,(H,18,21). The summed E-state index contributed by atoms with van der Waals surface area (Å²) >= 11 is 6.33. The number of carbonyl (C=O) groups is 1. The lowest BCUT2D eigenvalue weighted by Crippen LogP contribution is -2.19. The second-order valence-corrected chi connectivity index (χ2v) is 5.64. The Labute approximate surface area is 127 Å². The van der Waals surface area contributed by atoms with Gasteiger partial charge in [0, 0.05) is 43.7 Å². The summed E-state index contributed by atoms with van der Waals surface area (Å²) in [6.45, 7) is 0.673. The molecule has 0 saturated carbocycles. The van der Waals surface area contributed by atoms with Crippen LogP contribution < -0.4 is 16.0 Å². The average Bonchev–Trinajstić information content (AvgIpc) is 2.95. The molecule has 110 valence electrons. The number of aryl methyl sites for hydroxylation is 1. The molecule has 1 unspecified atom stereocenters. The fourth-order valence-corrected chi connectivity index (χ4v) is 2.82. The molecule has 7 heteroatoms. The summed E-state index contributed by atoms with van der Waals surface area (Å²) in [4.78, 5) is 13.6. The highest BCUT2D eigenvalue weighted by atomic mass is 35.5. The Morgan fingerprint density at radius 3 is 2.95 bits per heavy atom. The molecule has 6 nitrogen and oxygen atoms in total. The minimum Gasteiger partial charge on any atom is -0.369 e. The number of nitrogens with two attached hydrogens (primary N) is 1. The molecular formula is C14H16ClN5O. The first-order chi connectivity index (χ1) is 9.95. The fraction of sp³-hybridized carbons (Fsp3) is 0.286. The molecule has 2 heterocycles. The van der Waals surface area contributed by atoms with Gasteiger partial charge in [0.1, 0.15) is 6.04 Å². The van der Waals surface area contributed by atoms with Crippen molar-refractivity contribution in [3.05, 3.63) is 40.7 Å². The molecule has 1 aromatic carbocycles. The third-order valence-electron chi connectivity index (χ3n) is 3.58. The first kappa shape index (κ1) is 13.9. The lowest BCUT2D eigenvalue weighted by atomic mass is 10.1. The highest BCUT2D eigenvalue weighted by molar-refractivity contribution is 6.33. The summed E-state index contributed by atoms with van der Waals surface area (Å²) < 4.78 is 1.76. The van der Waals surface area contributed by atoms with Crippen LogP contribution in [0.15, 0.2) is 24.5 Å². The number of fused-ring (bicyclic) bond motifs is 1. The molecular weight excluding hydrogens is 290 g/mol. The molecule has 0 saturated heterocycles. The van der Waals surface area contributed by atoms with Crippen molar-refractivity contribution >= 4 is 28.9 Å². The van der Waals surface area contributed by atoms with Gasteiger partial charge in [-0.3, -0.25) is 9.48 Å². The van der Waals surface area contributed by atoms with E-state index in [-0.39, 0.29) is 5.91 Å². The Morgan fingerprint density at radius 2 is 2.29 bits per heavy atom. The SMILES string of the molecule is CN(Cc1cnn(C)c1)c1cc2c(cc1Cl)C(N)C(=O)N2. The fourth-order valence-electron chi connectivity index (χ4n) is 2.50. The number of nitrogens with zero attached hydrogens (tertiary/aromatic N) is 3. The maximum atomic E-state index is 11.6. The Balaban J connectivity index is 1.89. The first-order valence-electron chi connectivity index (χ1n) is 6.54. The quantitative estimate of drug-likeness (QED) is 0.904. The van der Waals surface area contributed by atoms with E-state index in [0.717, 1.165) is 22.5 Å². The summed E-state index contributed by atoms with van der Waals surface area (Å²) in [7, 11) is 3.82. The number of aromatic nitrogens is 2. The van der Waals surface area contributed by atoms with Crippen LogP contribution in [0.2, 0.25) is 5.02 Å². The molecule has 1 amide bonds. The van der Waals surface area contributed by atoms with Crippen molar-refractivity contribution in [2.45, 2.75) is 12.6 Å². The van der Waals surface area contributed by atoms with Crippen molar-refractivity contribution in [1.82, 2.24) is 9.78 Å². The zero-order valence-electron chi connectivity index (χ0n) is 11.8. The van der Waals surface area contributed by atoms with E-state index in [0.29, 0.717) is 11.6 Å². The number of benzene rings is 1. The number of hydrogen-bond donors (Lipinski definition) is 2. The number of rotatable bonds is 3. The Kier molecular flexibility index (Phi) is 3.35. The van der Waals surface area contributed by atoms with Crippen LogP contribution in [0.4, 0.5) is 11.4 Å². The number of carbonyl (C=O) groups excluding carboxylic acids is 1. The van der Waals surface area contributed by atoms with E-state index in [4.69, 9.17) is 17.3 Å². The molecule has 1 aliphatic rings. The Hall–Kier alpha value is -2.05. The van der Waals surface area contributed by atoms with Crippen molar-refractivity contribution in [2.75, 3.05) is 17.3 Å². The zero-order chi connectivity index (χ0) is 15.1. The number of nitrogens with one attached hydrogen (secondary N) is 1. The second kappa shape index (κ2) is 5.05. The molecule has 2 aromatic rings. The van der Waals surface area contributed by atoms with Gasteiger partial charge >= 0.3 is 0 Å². The number of halogens is 1. The van der Waals surface area contributed by atoms with E-state index in [9.17, 15) is 4.79 Å². The molecule has 1 atom stereocenters. The van der Waals surface area contributed by atoms with Crippen LogP contribution in [0.1, 0.15) is 17.2 Å². The van der Waals surface area contributed by atoms with Crippen LogP contribution in [-0.2, 0) is 18.4 Å². The van der Waals surface area contributed by atoms with Crippen LogP contribution in [0.25, 0.3) is 0 Å². The van der Waals surface area contributed by atoms with Crippen molar-refractivity contribution in [3.63, 3.8) is 0 Å². The monoisotopic (exact) mass is 305 g/mol. The molecule has 1 aliphatic heterocycles. The predicted molar refractivity (Wildman–Crippen MR) is 82.3 cm³/mol. The normalized spacial score (nSPS) is 16.8. The van der Waals surface area contributed by atoms with Gasteiger partial charge in [0.15, 0.2) is 0 Å². The smallest absolute Gasteiger partial charge is 0.245 e. The minimum atomic E-state index is -0.643. The molecule has 1 aromatic heterocycles. The summed E-state index contributed by atoms with van der Waals surface area (Å²) in [6.07, 6.45) is 3.77. The molecule has 0 radical (unpaired) electrons. The van der Waals surface area contributed by atoms with Crippen molar-refractivity contribution in [1.29, 1.82) is 0 Å². The largest absolute Gasteiger partial charge is 0.369 e. The van der Waals surface area contributed by atoms with E-state index >= 15 is 0 Å². The van der Waals surface area contributed by atoms with Gasteiger partial charge in [-0.05, 0) is 12.1 Å². The van der Waals surface area contributed by atoms with E-state index in [1.165, 1.54) is 0 Å². The van der Waals surface area contributed by atoms with Crippen molar-refractivity contribution in [2.24, 2.45) is 12.8 Å². The Bertz CT molecular complexity index is 711. The lowest BCUT2D eigenvalue weighted by Gasteiger charge is -2.21. The van der Waals surface area contributed by atoms with E-state index in [2.05, 4.69) is 10.4 Å². The maximum absolute atomic E-state index is 11.6. The van der Waals surface area contributed by atoms with E-state index < -0.39 is 6.04 Å². The van der Waals surface area contributed by atoms with Gasteiger partial charge in [-0.15, -0.1) is 0 Å². The molecule has 0 bridgehead atoms. The lowest BCUT2D eigenvalue weighted by molar-refractivity contribution is -0.116. The second-order valence-electron chi connectivity index (χ2n) is 5.24. The van der Waals surface area contributed by atoms with E-state index in [1.54, 1.807) is 10.7 Å². The number of hydrogen-bond acceptors (Lipinski definition) is 4. The van der Waals surface area contributed by atoms with Gasteiger partial charge in [-0.2, -0.15) is 5.10 Å². The highest BCUT2D eigenvalue weighted by Gasteiger charge is 2.28. The topological polar surface area (TPSA) is 76.2 Å². The van der Waals surface area contributed by atoms with Crippen LogP contribution in [0.3, 0.4) is 0 Å². The van der Waals surface area contributed by atoms with Crippen molar-refractivity contribution < 1.29 is 4.79 Å². The average molecular weight is 306 g/mol. The molecule has 3 N–H and O–H groups in total. The van der Waals surface area contributed by atoms with Crippen LogP contribution in [0, 0.1) is 0 Å². The Morgan fingerprint density at radius 1 is 1.52 bits per heavy atom. The molecule has 0 fully saturated rings. The van der Waals surface area contributed by atoms with Gasteiger partial charge in [0.2, 0.25) is 5.91 Å². The van der Waals surface area contributed by atoms with E-state index in [1.807, 2.05) is 37.5 Å². The number of anilines is 2. The van der Waals surface area contributed by atoms with Gasteiger partial charge in [-0.25, -0.2) is 0 Å².